The Labute approximate surface area is 132 Å². The van der Waals surface area contributed by atoms with Crippen LogP contribution in [-0.2, 0) is 6.42 Å². The second-order valence-corrected chi connectivity index (χ2v) is 6.13. The highest BCUT2D eigenvalue weighted by Gasteiger charge is 2.21. The van der Waals surface area contributed by atoms with Gasteiger partial charge in [-0.2, -0.15) is 0 Å². The molecule has 0 saturated heterocycles. The molecule has 0 heteroatoms. The summed E-state index contributed by atoms with van der Waals surface area (Å²) in [6, 6.07) is 22.1. The highest BCUT2D eigenvalue weighted by molar-refractivity contribution is 6.00. The van der Waals surface area contributed by atoms with E-state index in [2.05, 4.69) is 74.5 Å². The molecule has 0 atom stereocenters. The van der Waals surface area contributed by atoms with Crippen molar-refractivity contribution in [1.29, 1.82) is 0 Å². The van der Waals surface area contributed by atoms with Crippen molar-refractivity contribution >= 4 is 16.3 Å². The zero-order chi connectivity index (χ0) is 15.1. The van der Waals surface area contributed by atoms with Gasteiger partial charge in [0.25, 0.3) is 0 Å². The Morgan fingerprint density at radius 3 is 2.41 bits per heavy atom. The van der Waals surface area contributed by atoms with Crippen molar-refractivity contribution in [1.82, 2.24) is 0 Å². The molecule has 0 N–H and O–H groups in total. The van der Waals surface area contributed by atoms with E-state index in [0.29, 0.717) is 0 Å². The lowest BCUT2D eigenvalue weighted by atomic mass is 9.91. The molecule has 0 bridgehead atoms. The minimum Gasteiger partial charge on any atom is -0.0625 e. The summed E-state index contributed by atoms with van der Waals surface area (Å²) in [7, 11) is 0. The predicted octanol–water partition coefficient (Wildman–Crippen LogP) is 6.25. The largest absolute Gasteiger partial charge is 0.0625 e. The first kappa shape index (κ1) is 13.3. The minimum absolute atomic E-state index is 1.12. The molecule has 0 saturated carbocycles. The van der Waals surface area contributed by atoms with E-state index in [-0.39, 0.29) is 0 Å². The number of benzene rings is 3. The fraction of sp³-hybridized carbons (Fsp3) is 0.182. The molecule has 0 radical (unpaired) electrons. The maximum absolute atomic E-state index is 2.29. The second kappa shape index (κ2) is 5.14. The van der Waals surface area contributed by atoms with Crippen LogP contribution in [0.1, 0.15) is 31.4 Å². The molecule has 0 aliphatic heterocycles. The van der Waals surface area contributed by atoms with Gasteiger partial charge in [0.05, 0.1) is 0 Å². The van der Waals surface area contributed by atoms with E-state index in [9.17, 15) is 0 Å². The number of fused-ring (bicyclic) bond motifs is 2. The zero-order valence-electron chi connectivity index (χ0n) is 13.2. The molecule has 0 aromatic heterocycles. The molecule has 4 rings (SSSR count). The van der Waals surface area contributed by atoms with Gasteiger partial charge in [0.2, 0.25) is 0 Å². The Morgan fingerprint density at radius 1 is 0.818 bits per heavy atom. The molecule has 0 heterocycles. The zero-order valence-corrected chi connectivity index (χ0v) is 13.2. The highest BCUT2D eigenvalue weighted by Crippen LogP contribution is 2.41. The standard InChI is InChI=1S/C22H20/c1-3-16-14-18-10-7-13-21(22(18)15(16)2)20-12-6-9-17-8-4-5-11-19(17)20/h4-13H,3,14H2,1-2H3. The van der Waals surface area contributed by atoms with Gasteiger partial charge in [-0.1, -0.05) is 73.2 Å². The van der Waals surface area contributed by atoms with Crippen LogP contribution in [-0.4, -0.2) is 0 Å². The van der Waals surface area contributed by atoms with E-state index in [1.54, 1.807) is 5.57 Å². The maximum Gasteiger partial charge on any atom is -0.00550 e. The third-order valence-electron chi connectivity index (χ3n) is 4.97. The molecule has 0 amide bonds. The van der Waals surface area contributed by atoms with Gasteiger partial charge in [0.1, 0.15) is 0 Å². The van der Waals surface area contributed by atoms with Crippen LogP contribution in [0.4, 0.5) is 0 Å². The van der Waals surface area contributed by atoms with Crippen LogP contribution < -0.4 is 0 Å². The first-order chi connectivity index (χ1) is 10.8. The van der Waals surface area contributed by atoms with Gasteiger partial charge in [-0.3, -0.25) is 0 Å². The molecule has 3 aromatic rings. The van der Waals surface area contributed by atoms with E-state index in [4.69, 9.17) is 0 Å². The quantitative estimate of drug-likeness (QED) is 0.522. The number of allylic oxidation sites excluding steroid dienone is 2. The van der Waals surface area contributed by atoms with Crippen LogP contribution in [0.3, 0.4) is 0 Å². The summed E-state index contributed by atoms with van der Waals surface area (Å²) in [5.41, 5.74) is 8.76. The molecular formula is C22H20. The lowest BCUT2D eigenvalue weighted by molar-refractivity contribution is 1.03. The maximum atomic E-state index is 2.29. The van der Waals surface area contributed by atoms with Crippen LogP contribution in [0, 0.1) is 0 Å². The Kier molecular flexibility index (Phi) is 3.11. The van der Waals surface area contributed by atoms with Crippen LogP contribution >= 0.6 is 0 Å². The van der Waals surface area contributed by atoms with Crippen molar-refractivity contribution in [3.05, 3.63) is 77.4 Å². The van der Waals surface area contributed by atoms with Gasteiger partial charge in [0.15, 0.2) is 0 Å². The van der Waals surface area contributed by atoms with Crippen molar-refractivity contribution in [2.75, 3.05) is 0 Å². The fourth-order valence-corrected chi connectivity index (χ4v) is 3.80. The van der Waals surface area contributed by atoms with Gasteiger partial charge in [0, 0.05) is 0 Å². The molecule has 1 aliphatic rings. The molecule has 0 fully saturated rings. The van der Waals surface area contributed by atoms with Crippen molar-refractivity contribution in [3.63, 3.8) is 0 Å². The Balaban J connectivity index is 2.02. The number of rotatable bonds is 2. The van der Waals surface area contributed by atoms with E-state index >= 15 is 0 Å². The third-order valence-corrected chi connectivity index (χ3v) is 4.97. The summed E-state index contributed by atoms with van der Waals surface area (Å²) < 4.78 is 0. The van der Waals surface area contributed by atoms with Crippen LogP contribution in [0.15, 0.2) is 66.2 Å². The summed E-state index contributed by atoms with van der Waals surface area (Å²) >= 11 is 0. The lowest BCUT2D eigenvalue weighted by Crippen LogP contribution is -1.90. The lowest BCUT2D eigenvalue weighted by Gasteiger charge is -2.13. The van der Waals surface area contributed by atoms with Gasteiger partial charge in [-0.05, 0) is 58.4 Å². The van der Waals surface area contributed by atoms with E-state index in [0.717, 1.165) is 12.8 Å². The Hall–Kier alpha value is -2.34. The molecule has 0 unspecified atom stereocenters. The van der Waals surface area contributed by atoms with Crippen molar-refractivity contribution in [2.24, 2.45) is 0 Å². The van der Waals surface area contributed by atoms with Gasteiger partial charge in [-0.15, -0.1) is 0 Å². The van der Waals surface area contributed by atoms with Crippen molar-refractivity contribution in [2.45, 2.75) is 26.7 Å². The summed E-state index contributed by atoms with van der Waals surface area (Å²) in [4.78, 5) is 0. The van der Waals surface area contributed by atoms with Crippen molar-refractivity contribution in [3.8, 4) is 11.1 Å². The van der Waals surface area contributed by atoms with Crippen LogP contribution in [0.25, 0.3) is 27.5 Å². The normalized spacial score (nSPS) is 13.7. The highest BCUT2D eigenvalue weighted by atomic mass is 14.2. The Bertz CT molecular complexity index is 892. The summed E-state index contributed by atoms with van der Waals surface area (Å²) in [5.74, 6) is 0. The first-order valence-corrected chi connectivity index (χ1v) is 8.08. The van der Waals surface area contributed by atoms with E-state index < -0.39 is 0 Å². The topological polar surface area (TPSA) is 0 Å². The molecule has 0 nitrogen and oxygen atoms in total. The van der Waals surface area contributed by atoms with E-state index in [1.807, 2.05) is 0 Å². The minimum atomic E-state index is 1.12. The fourth-order valence-electron chi connectivity index (χ4n) is 3.80. The third kappa shape index (κ3) is 1.91. The van der Waals surface area contributed by atoms with Crippen LogP contribution in [0.2, 0.25) is 0 Å². The number of hydrogen-bond acceptors (Lipinski definition) is 0. The first-order valence-electron chi connectivity index (χ1n) is 8.08. The van der Waals surface area contributed by atoms with Gasteiger partial charge < -0.3 is 0 Å². The van der Waals surface area contributed by atoms with Gasteiger partial charge in [-0.25, -0.2) is 0 Å². The van der Waals surface area contributed by atoms with E-state index in [1.165, 1.54) is 38.6 Å². The Morgan fingerprint density at radius 2 is 1.55 bits per heavy atom. The van der Waals surface area contributed by atoms with Crippen molar-refractivity contribution < 1.29 is 0 Å². The number of hydrogen-bond donors (Lipinski definition) is 0. The summed E-state index contributed by atoms with van der Waals surface area (Å²) in [6.45, 7) is 4.56. The smallest absolute Gasteiger partial charge is 0.00550 e. The SMILES string of the molecule is CCC1=C(C)c2c(cccc2-c2cccc3ccccc23)C1. The summed E-state index contributed by atoms with van der Waals surface area (Å²) in [5, 5.41) is 2.66. The average Bonchev–Trinajstić information content (AvgIpc) is 2.91. The molecule has 22 heavy (non-hydrogen) atoms. The monoisotopic (exact) mass is 284 g/mol. The molecule has 0 spiro atoms. The molecule has 108 valence electrons. The second-order valence-electron chi connectivity index (χ2n) is 6.13. The molecular weight excluding hydrogens is 264 g/mol. The molecule has 1 aliphatic carbocycles. The van der Waals surface area contributed by atoms with Crippen LogP contribution in [0.5, 0.6) is 0 Å². The average molecular weight is 284 g/mol. The summed E-state index contributed by atoms with van der Waals surface area (Å²) in [6.07, 6.45) is 2.27. The molecule has 3 aromatic carbocycles. The van der Waals surface area contributed by atoms with Gasteiger partial charge >= 0.3 is 0 Å². The predicted molar refractivity (Wildman–Crippen MR) is 96.0 cm³/mol.